The third-order valence-corrected chi connectivity index (χ3v) is 6.82. The van der Waals surface area contributed by atoms with Gasteiger partial charge in [0.25, 0.3) is 5.56 Å². The largest absolute Gasteiger partial charge is 0.497 e. The van der Waals surface area contributed by atoms with Crippen LogP contribution in [0, 0.1) is 6.92 Å². The molecule has 3 aromatic carbocycles. The first kappa shape index (κ1) is 24.4. The number of ether oxygens (including phenoxy) is 2. The number of aryl methyl sites for hydroxylation is 1. The van der Waals surface area contributed by atoms with Crippen LogP contribution in [0.4, 0.5) is 11.6 Å². The summed E-state index contributed by atoms with van der Waals surface area (Å²) in [6.07, 6.45) is 0. The molecule has 0 aliphatic carbocycles. The van der Waals surface area contributed by atoms with Crippen LogP contribution in [-0.2, 0) is 11.3 Å². The van der Waals surface area contributed by atoms with Crippen molar-refractivity contribution in [3.05, 3.63) is 93.8 Å². The second-order valence-corrected chi connectivity index (χ2v) is 9.18. The maximum Gasteiger partial charge on any atom is 0.337 e. The van der Waals surface area contributed by atoms with Crippen molar-refractivity contribution in [3.8, 4) is 5.75 Å². The number of nitrogens with zero attached hydrogens (tertiary/aromatic N) is 4. The maximum atomic E-state index is 13.7. The first-order valence-electron chi connectivity index (χ1n) is 12.3. The molecule has 4 aromatic rings. The third kappa shape index (κ3) is 5.00. The number of hydrogen-bond donors (Lipinski definition) is 0. The lowest BCUT2D eigenvalue weighted by molar-refractivity contribution is 0.0601. The molecule has 0 bridgehead atoms. The molecule has 2 heterocycles. The molecule has 190 valence electrons. The summed E-state index contributed by atoms with van der Waals surface area (Å²) in [7, 11) is 3.00. The molecular weight excluding hydrogens is 468 g/mol. The Morgan fingerprint density at radius 3 is 2.22 bits per heavy atom. The molecule has 0 saturated carbocycles. The molecule has 1 fully saturated rings. The van der Waals surface area contributed by atoms with Crippen LogP contribution in [0.25, 0.3) is 10.9 Å². The summed E-state index contributed by atoms with van der Waals surface area (Å²) in [5.41, 5.74) is 4.05. The zero-order chi connectivity index (χ0) is 25.9. The number of hydrogen-bond acceptors (Lipinski definition) is 7. The standard InChI is InChI=1S/C29H30N4O4/c1-20-4-6-21(7-5-20)19-33-27(34)25-13-8-22(28(35)37-3)18-26(25)30-29(33)32-16-14-31(15-17-32)23-9-11-24(36-2)12-10-23/h4-13,18H,14-17,19H2,1-3H3. The van der Waals surface area contributed by atoms with Crippen molar-refractivity contribution in [3.63, 3.8) is 0 Å². The molecule has 8 heteroatoms. The number of carbonyl (C=O) groups is 1. The fourth-order valence-corrected chi connectivity index (χ4v) is 4.67. The highest BCUT2D eigenvalue weighted by Gasteiger charge is 2.23. The Kier molecular flexibility index (Phi) is 6.81. The van der Waals surface area contributed by atoms with Crippen LogP contribution in [-0.4, -0.2) is 55.9 Å². The first-order chi connectivity index (χ1) is 18.0. The summed E-state index contributed by atoms with van der Waals surface area (Å²) in [6, 6.07) is 21.1. The zero-order valence-electron chi connectivity index (χ0n) is 21.3. The van der Waals surface area contributed by atoms with E-state index in [0.717, 1.165) is 35.7 Å². The smallest absolute Gasteiger partial charge is 0.337 e. The second-order valence-electron chi connectivity index (χ2n) is 9.18. The van der Waals surface area contributed by atoms with Gasteiger partial charge in [-0.25, -0.2) is 9.78 Å². The van der Waals surface area contributed by atoms with E-state index in [1.165, 1.54) is 7.11 Å². The summed E-state index contributed by atoms with van der Waals surface area (Å²) in [6.45, 7) is 5.43. The van der Waals surface area contributed by atoms with Crippen molar-refractivity contribution in [1.29, 1.82) is 0 Å². The summed E-state index contributed by atoms with van der Waals surface area (Å²) in [4.78, 5) is 35.2. The molecule has 0 atom stereocenters. The Labute approximate surface area is 215 Å². The van der Waals surface area contributed by atoms with Gasteiger partial charge in [-0.15, -0.1) is 0 Å². The van der Waals surface area contributed by atoms with Crippen molar-refractivity contribution in [2.45, 2.75) is 13.5 Å². The topological polar surface area (TPSA) is 76.9 Å². The van der Waals surface area contributed by atoms with Gasteiger partial charge in [-0.05, 0) is 55.0 Å². The van der Waals surface area contributed by atoms with E-state index >= 15 is 0 Å². The summed E-state index contributed by atoms with van der Waals surface area (Å²) in [5.74, 6) is 0.978. The van der Waals surface area contributed by atoms with Crippen molar-refractivity contribution in [2.75, 3.05) is 50.2 Å². The summed E-state index contributed by atoms with van der Waals surface area (Å²) in [5, 5.41) is 0.473. The summed E-state index contributed by atoms with van der Waals surface area (Å²) >= 11 is 0. The van der Waals surface area contributed by atoms with Gasteiger partial charge >= 0.3 is 5.97 Å². The Hall–Kier alpha value is -4.33. The monoisotopic (exact) mass is 498 g/mol. The number of esters is 1. The molecular formula is C29H30N4O4. The Bertz CT molecular complexity index is 1470. The fraction of sp³-hybridized carbons (Fsp3) is 0.276. The Morgan fingerprint density at radius 1 is 0.892 bits per heavy atom. The van der Waals surface area contributed by atoms with E-state index < -0.39 is 5.97 Å². The van der Waals surface area contributed by atoms with Crippen LogP contribution in [0.2, 0.25) is 0 Å². The number of rotatable bonds is 6. The molecule has 0 amide bonds. The predicted octanol–water partition coefficient (Wildman–Crippen LogP) is 3.88. The van der Waals surface area contributed by atoms with E-state index in [9.17, 15) is 9.59 Å². The predicted molar refractivity (Wildman–Crippen MR) is 145 cm³/mol. The maximum absolute atomic E-state index is 13.7. The van der Waals surface area contributed by atoms with Gasteiger partial charge in [0.15, 0.2) is 0 Å². The molecule has 1 aliphatic rings. The van der Waals surface area contributed by atoms with Crippen LogP contribution in [0.15, 0.2) is 71.5 Å². The van der Waals surface area contributed by atoms with E-state index in [1.54, 1.807) is 29.9 Å². The Balaban J connectivity index is 1.50. The lowest BCUT2D eigenvalue weighted by Gasteiger charge is -2.37. The number of carbonyl (C=O) groups excluding carboxylic acids is 1. The first-order valence-corrected chi connectivity index (χ1v) is 12.3. The molecule has 1 saturated heterocycles. The van der Waals surface area contributed by atoms with Crippen molar-refractivity contribution in [2.24, 2.45) is 0 Å². The second kappa shape index (κ2) is 10.3. The SMILES string of the molecule is COC(=O)c1ccc2c(=O)n(Cc3ccc(C)cc3)c(N3CCN(c4ccc(OC)cc4)CC3)nc2c1. The quantitative estimate of drug-likeness (QED) is 0.374. The molecule has 8 nitrogen and oxygen atoms in total. The van der Waals surface area contributed by atoms with Crippen LogP contribution in [0.3, 0.4) is 0 Å². The van der Waals surface area contributed by atoms with E-state index in [0.29, 0.717) is 42.0 Å². The van der Waals surface area contributed by atoms with E-state index in [-0.39, 0.29) is 5.56 Å². The van der Waals surface area contributed by atoms with Gasteiger partial charge in [-0.2, -0.15) is 0 Å². The summed E-state index contributed by atoms with van der Waals surface area (Å²) < 4.78 is 11.9. The number of piperazine rings is 1. The number of fused-ring (bicyclic) bond motifs is 1. The number of methoxy groups -OCH3 is 2. The lowest BCUT2D eigenvalue weighted by Crippen LogP contribution is -2.48. The highest BCUT2D eigenvalue weighted by Crippen LogP contribution is 2.24. The van der Waals surface area contributed by atoms with Gasteiger partial charge in [0.05, 0.1) is 37.2 Å². The average molecular weight is 499 g/mol. The van der Waals surface area contributed by atoms with Crippen molar-refractivity contribution in [1.82, 2.24) is 9.55 Å². The van der Waals surface area contributed by atoms with Gasteiger partial charge < -0.3 is 19.3 Å². The van der Waals surface area contributed by atoms with E-state index in [4.69, 9.17) is 14.5 Å². The van der Waals surface area contributed by atoms with E-state index in [1.807, 2.05) is 43.3 Å². The molecule has 5 rings (SSSR count). The fourth-order valence-electron chi connectivity index (χ4n) is 4.67. The van der Waals surface area contributed by atoms with Gasteiger partial charge in [-0.1, -0.05) is 29.8 Å². The molecule has 37 heavy (non-hydrogen) atoms. The average Bonchev–Trinajstić information content (AvgIpc) is 2.95. The molecule has 1 aromatic heterocycles. The number of aromatic nitrogens is 2. The Morgan fingerprint density at radius 2 is 1.57 bits per heavy atom. The minimum atomic E-state index is -0.456. The normalized spacial score (nSPS) is 13.6. The molecule has 1 aliphatic heterocycles. The number of anilines is 2. The third-order valence-electron chi connectivity index (χ3n) is 6.82. The van der Waals surface area contributed by atoms with Gasteiger partial charge in [0.1, 0.15) is 5.75 Å². The minimum absolute atomic E-state index is 0.130. The molecule has 0 spiro atoms. The molecule has 0 N–H and O–H groups in total. The van der Waals surface area contributed by atoms with Gasteiger partial charge in [-0.3, -0.25) is 9.36 Å². The molecule has 0 unspecified atom stereocenters. The number of benzene rings is 3. The lowest BCUT2D eigenvalue weighted by atomic mass is 10.1. The zero-order valence-corrected chi connectivity index (χ0v) is 21.3. The van der Waals surface area contributed by atoms with Crippen molar-refractivity contribution >= 4 is 28.5 Å². The van der Waals surface area contributed by atoms with Crippen molar-refractivity contribution < 1.29 is 14.3 Å². The minimum Gasteiger partial charge on any atom is -0.497 e. The van der Waals surface area contributed by atoms with Crippen LogP contribution in [0.5, 0.6) is 5.75 Å². The van der Waals surface area contributed by atoms with Gasteiger partial charge in [0.2, 0.25) is 5.95 Å². The van der Waals surface area contributed by atoms with Gasteiger partial charge in [0, 0.05) is 31.9 Å². The highest BCUT2D eigenvalue weighted by atomic mass is 16.5. The van der Waals surface area contributed by atoms with Crippen LogP contribution >= 0.6 is 0 Å². The van der Waals surface area contributed by atoms with Crippen LogP contribution in [0.1, 0.15) is 21.5 Å². The molecule has 0 radical (unpaired) electrons. The van der Waals surface area contributed by atoms with E-state index in [2.05, 4.69) is 21.9 Å². The highest BCUT2D eigenvalue weighted by molar-refractivity contribution is 5.94. The van der Waals surface area contributed by atoms with Crippen LogP contribution < -0.4 is 20.1 Å².